The Hall–Kier alpha value is -1.76. The van der Waals surface area contributed by atoms with Crippen molar-refractivity contribution in [3.05, 3.63) is 58.8 Å². The van der Waals surface area contributed by atoms with Crippen molar-refractivity contribution in [2.45, 2.75) is 42.5 Å². The lowest BCUT2D eigenvalue weighted by Gasteiger charge is -2.04. The van der Waals surface area contributed by atoms with Gasteiger partial charge in [0.15, 0.2) is 5.09 Å². The van der Waals surface area contributed by atoms with Crippen molar-refractivity contribution in [1.29, 1.82) is 0 Å². The molecule has 0 radical (unpaired) electrons. The van der Waals surface area contributed by atoms with E-state index >= 15 is 0 Å². The summed E-state index contributed by atoms with van der Waals surface area (Å²) in [5.41, 5.74) is 0. The SMILES string of the molecule is Clc1ccc(Sc2ccc(CNCc3nnc4n3CCC4)o2)cc1. The lowest BCUT2D eigenvalue weighted by Crippen LogP contribution is -2.16. The Labute approximate surface area is 149 Å². The van der Waals surface area contributed by atoms with Crippen molar-refractivity contribution in [2.75, 3.05) is 0 Å². The minimum atomic E-state index is 0.670. The smallest absolute Gasteiger partial charge is 0.165 e. The van der Waals surface area contributed by atoms with Crippen LogP contribution in [0.5, 0.6) is 0 Å². The van der Waals surface area contributed by atoms with Crippen LogP contribution < -0.4 is 5.32 Å². The monoisotopic (exact) mass is 360 g/mol. The second-order valence-corrected chi connectivity index (χ2v) is 7.18. The third-order valence-electron chi connectivity index (χ3n) is 3.94. The van der Waals surface area contributed by atoms with Gasteiger partial charge in [-0.1, -0.05) is 23.4 Å². The highest BCUT2D eigenvalue weighted by molar-refractivity contribution is 7.99. The molecule has 2 aromatic heterocycles. The van der Waals surface area contributed by atoms with Crippen molar-refractivity contribution in [1.82, 2.24) is 20.1 Å². The number of halogens is 1. The third kappa shape index (κ3) is 3.50. The molecule has 4 rings (SSSR count). The minimum Gasteiger partial charge on any atom is -0.453 e. The molecule has 0 amide bonds. The van der Waals surface area contributed by atoms with Gasteiger partial charge < -0.3 is 14.3 Å². The van der Waals surface area contributed by atoms with E-state index in [4.69, 9.17) is 16.0 Å². The molecule has 124 valence electrons. The van der Waals surface area contributed by atoms with Crippen LogP contribution in [0, 0.1) is 0 Å². The van der Waals surface area contributed by atoms with Crippen molar-refractivity contribution >= 4 is 23.4 Å². The van der Waals surface area contributed by atoms with Crippen molar-refractivity contribution < 1.29 is 4.42 Å². The average Bonchev–Trinajstić information content (AvgIpc) is 3.28. The van der Waals surface area contributed by atoms with E-state index in [9.17, 15) is 0 Å². The number of aromatic nitrogens is 3. The zero-order valence-corrected chi connectivity index (χ0v) is 14.6. The number of hydrogen-bond donors (Lipinski definition) is 1. The quantitative estimate of drug-likeness (QED) is 0.722. The number of fused-ring (bicyclic) bond motifs is 1. The van der Waals surface area contributed by atoms with Gasteiger partial charge in [-0.15, -0.1) is 10.2 Å². The number of furan rings is 1. The fourth-order valence-electron chi connectivity index (χ4n) is 2.77. The molecule has 24 heavy (non-hydrogen) atoms. The maximum absolute atomic E-state index is 5.90. The first kappa shape index (κ1) is 15.7. The van der Waals surface area contributed by atoms with E-state index in [0.29, 0.717) is 13.1 Å². The van der Waals surface area contributed by atoms with Crippen LogP contribution in [0.1, 0.15) is 23.8 Å². The Morgan fingerprint density at radius 1 is 1.12 bits per heavy atom. The Morgan fingerprint density at radius 3 is 2.88 bits per heavy atom. The van der Waals surface area contributed by atoms with Gasteiger partial charge in [-0.05, 0) is 42.8 Å². The van der Waals surface area contributed by atoms with Crippen LogP contribution in [0.2, 0.25) is 5.02 Å². The van der Waals surface area contributed by atoms with Gasteiger partial charge in [-0.3, -0.25) is 0 Å². The molecule has 0 saturated heterocycles. The van der Waals surface area contributed by atoms with Gasteiger partial charge in [0.2, 0.25) is 0 Å². The first-order chi connectivity index (χ1) is 11.8. The highest BCUT2D eigenvalue weighted by Gasteiger charge is 2.16. The molecule has 1 aromatic carbocycles. The normalized spacial score (nSPS) is 13.4. The number of benzene rings is 1. The Balaban J connectivity index is 1.31. The Bertz CT molecular complexity index is 827. The molecule has 0 spiro atoms. The molecule has 3 aromatic rings. The number of nitrogens with one attached hydrogen (secondary N) is 1. The summed E-state index contributed by atoms with van der Waals surface area (Å²) in [6.45, 7) is 2.40. The second-order valence-electron chi connectivity index (χ2n) is 5.67. The lowest BCUT2D eigenvalue weighted by molar-refractivity contribution is 0.414. The molecule has 1 N–H and O–H groups in total. The summed E-state index contributed by atoms with van der Waals surface area (Å²) in [6.07, 6.45) is 2.21. The molecular formula is C17H17ClN4OS. The fourth-order valence-corrected chi connectivity index (χ4v) is 3.68. The van der Waals surface area contributed by atoms with Gasteiger partial charge in [0.05, 0.1) is 13.1 Å². The van der Waals surface area contributed by atoms with Gasteiger partial charge in [-0.2, -0.15) is 0 Å². The molecule has 5 nitrogen and oxygen atoms in total. The molecule has 0 saturated carbocycles. The van der Waals surface area contributed by atoms with E-state index in [1.165, 1.54) is 6.42 Å². The summed E-state index contributed by atoms with van der Waals surface area (Å²) in [5, 5.41) is 13.4. The molecule has 0 aliphatic carbocycles. The minimum absolute atomic E-state index is 0.670. The molecule has 7 heteroatoms. The number of aryl methyl sites for hydroxylation is 1. The average molecular weight is 361 g/mol. The first-order valence-electron chi connectivity index (χ1n) is 7.92. The second kappa shape index (κ2) is 7.01. The van der Waals surface area contributed by atoms with Crippen LogP contribution in [-0.4, -0.2) is 14.8 Å². The van der Waals surface area contributed by atoms with Crippen molar-refractivity contribution in [3.8, 4) is 0 Å². The summed E-state index contributed by atoms with van der Waals surface area (Å²) in [7, 11) is 0. The van der Waals surface area contributed by atoms with Gasteiger partial charge in [-0.25, -0.2) is 0 Å². The number of rotatable bonds is 6. The largest absolute Gasteiger partial charge is 0.453 e. The van der Waals surface area contributed by atoms with E-state index in [0.717, 1.165) is 45.4 Å². The van der Waals surface area contributed by atoms with Gasteiger partial charge in [0.1, 0.15) is 17.4 Å². The predicted molar refractivity (Wildman–Crippen MR) is 93.2 cm³/mol. The lowest BCUT2D eigenvalue weighted by atomic mass is 10.4. The predicted octanol–water partition coefficient (Wildman–Crippen LogP) is 3.91. The topological polar surface area (TPSA) is 55.9 Å². The highest BCUT2D eigenvalue weighted by atomic mass is 35.5. The van der Waals surface area contributed by atoms with E-state index in [1.54, 1.807) is 11.8 Å². The molecule has 3 heterocycles. The van der Waals surface area contributed by atoms with Gasteiger partial charge in [0.25, 0.3) is 0 Å². The van der Waals surface area contributed by atoms with Crippen LogP contribution in [0.15, 0.2) is 50.8 Å². The maximum atomic E-state index is 5.90. The summed E-state index contributed by atoms with van der Waals surface area (Å²) >= 11 is 7.49. The van der Waals surface area contributed by atoms with Crippen LogP contribution in [0.3, 0.4) is 0 Å². The van der Waals surface area contributed by atoms with E-state index in [-0.39, 0.29) is 0 Å². The van der Waals surface area contributed by atoms with E-state index in [1.807, 2.05) is 36.4 Å². The van der Waals surface area contributed by atoms with Crippen LogP contribution in [0.4, 0.5) is 0 Å². The van der Waals surface area contributed by atoms with E-state index in [2.05, 4.69) is 20.1 Å². The van der Waals surface area contributed by atoms with Gasteiger partial charge >= 0.3 is 0 Å². The summed E-state index contributed by atoms with van der Waals surface area (Å²) in [6, 6.07) is 11.7. The van der Waals surface area contributed by atoms with E-state index < -0.39 is 0 Å². The van der Waals surface area contributed by atoms with Crippen LogP contribution in [-0.2, 0) is 26.1 Å². The van der Waals surface area contributed by atoms with Crippen LogP contribution >= 0.6 is 23.4 Å². The zero-order valence-electron chi connectivity index (χ0n) is 13.0. The molecule has 0 atom stereocenters. The highest BCUT2D eigenvalue weighted by Crippen LogP contribution is 2.30. The van der Waals surface area contributed by atoms with Gasteiger partial charge in [0, 0.05) is 22.9 Å². The molecule has 0 fully saturated rings. The molecule has 1 aliphatic heterocycles. The first-order valence-corrected chi connectivity index (χ1v) is 9.11. The molecule has 1 aliphatic rings. The standard InChI is InChI=1S/C17H17ClN4OS/c18-12-3-6-14(7-4-12)24-17-8-5-13(23-17)10-19-11-16-21-20-15-2-1-9-22(15)16/h3-8,19H,1-2,9-11H2. The molecule has 0 bridgehead atoms. The third-order valence-corrected chi connectivity index (χ3v) is 5.12. The summed E-state index contributed by atoms with van der Waals surface area (Å²) in [5.74, 6) is 3.02. The Kier molecular flexibility index (Phi) is 4.60. The maximum Gasteiger partial charge on any atom is 0.165 e. The molecular weight excluding hydrogens is 344 g/mol. The zero-order chi connectivity index (χ0) is 16.4. The molecule has 0 unspecified atom stereocenters. The van der Waals surface area contributed by atoms with Crippen LogP contribution in [0.25, 0.3) is 0 Å². The number of nitrogens with zero attached hydrogens (tertiary/aromatic N) is 3. The summed E-state index contributed by atoms with van der Waals surface area (Å²) < 4.78 is 8.06. The van der Waals surface area contributed by atoms with Crippen molar-refractivity contribution in [2.24, 2.45) is 0 Å². The fraction of sp³-hybridized carbons (Fsp3) is 0.294. The number of hydrogen-bond acceptors (Lipinski definition) is 5. The summed E-state index contributed by atoms with van der Waals surface area (Å²) in [4.78, 5) is 1.10. The van der Waals surface area contributed by atoms with Crippen molar-refractivity contribution in [3.63, 3.8) is 0 Å². The Morgan fingerprint density at radius 2 is 2.00 bits per heavy atom.